The molecular formula is C24H23N5O5. The number of carbonyl (C=O) groups is 2. The Balaban J connectivity index is 1.86. The van der Waals surface area contributed by atoms with E-state index < -0.39 is 18.0 Å². The molecule has 0 bridgehead atoms. The van der Waals surface area contributed by atoms with Crippen molar-refractivity contribution < 1.29 is 19.1 Å². The Hall–Kier alpha value is -4.65. The number of carbonyl (C=O) groups excluding carboxylic acids is 2. The molecule has 0 aliphatic carbocycles. The predicted octanol–water partition coefficient (Wildman–Crippen LogP) is 2.64. The van der Waals surface area contributed by atoms with Gasteiger partial charge in [-0.3, -0.25) is 14.4 Å². The second-order valence-corrected chi connectivity index (χ2v) is 7.28. The van der Waals surface area contributed by atoms with Gasteiger partial charge in [-0.25, -0.2) is 4.68 Å². The van der Waals surface area contributed by atoms with E-state index in [1.54, 1.807) is 44.2 Å². The third-order valence-electron chi connectivity index (χ3n) is 5.12. The molecule has 1 heterocycles. The number of hydrogen-bond donors (Lipinski definition) is 2. The lowest BCUT2D eigenvalue weighted by atomic mass is 10.1. The van der Waals surface area contributed by atoms with Crippen molar-refractivity contribution in [2.45, 2.75) is 20.4 Å². The number of nitrogens with one attached hydrogen (secondary N) is 2. The van der Waals surface area contributed by atoms with Gasteiger partial charge >= 0.3 is 0 Å². The summed E-state index contributed by atoms with van der Waals surface area (Å²) in [6, 6.07) is 13.5. The number of benzene rings is 2. The summed E-state index contributed by atoms with van der Waals surface area (Å²) in [6.07, 6.45) is 0. The molecule has 1 aromatic heterocycles. The summed E-state index contributed by atoms with van der Waals surface area (Å²) in [5.41, 5.74) is 1.31. The number of aryl methyl sites for hydroxylation is 1. The zero-order valence-electron chi connectivity index (χ0n) is 19.1. The fourth-order valence-electron chi connectivity index (χ4n) is 3.21. The second kappa shape index (κ2) is 10.3. The van der Waals surface area contributed by atoms with Gasteiger partial charge in [0.2, 0.25) is 5.91 Å². The quantitative estimate of drug-likeness (QED) is 0.552. The van der Waals surface area contributed by atoms with Crippen LogP contribution in [0.25, 0.3) is 0 Å². The van der Waals surface area contributed by atoms with Crippen molar-refractivity contribution in [1.82, 2.24) is 9.78 Å². The Kier molecular flexibility index (Phi) is 7.28. The molecule has 34 heavy (non-hydrogen) atoms. The molecule has 0 fully saturated rings. The Bertz CT molecular complexity index is 1340. The Morgan fingerprint density at radius 3 is 2.18 bits per heavy atom. The molecule has 3 aromatic rings. The minimum absolute atomic E-state index is 0.0574. The van der Waals surface area contributed by atoms with Crippen molar-refractivity contribution in [3.8, 4) is 17.6 Å². The van der Waals surface area contributed by atoms with Crippen LogP contribution in [0.5, 0.6) is 11.5 Å². The first kappa shape index (κ1) is 24.0. The topological polar surface area (TPSA) is 135 Å². The van der Waals surface area contributed by atoms with Crippen molar-refractivity contribution >= 4 is 23.2 Å². The van der Waals surface area contributed by atoms with E-state index in [4.69, 9.17) is 9.47 Å². The number of aromatic nitrogens is 2. The van der Waals surface area contributed by atoms with Crippen molar-refractivity contribution in [3.05, 3.63) is 75.2 Å². The van der Waals surface area contributed by atoms with Crippen molar-refractivity contribution in [2.24, 2.45) is 0 Å². The van der Waals surface area contributed by atoms with Crippen molar-refractivity contribution in [2.75, 3.05) is 24.9 Å². The fraction of sp³-hybridized carbons (Fsp3) is 0.208. The lowest BCUT2D eigenvalue weighted by Gasteiger charge is -2.16. The van der Waals surface area contributed by atoms with E-state index in [0.717, 1.165) is 4.68 Å². The first-order valence-corrected chi connectivity index (χ1v) is 10.2. The SMILES string of the molecule is COc1cc(NC(=O)c2ccccc2)c(OC)cc1NC(=O)Cn1nc(C)c(C)c(C#N)c1=O. The fourth-order valence-corrected chi connectivity index (χ4v) is 3.21. The molecule has 0 radical (unpaired) electrons. The van der Waals surface area contributed by atoms with Gasteiger partial charge in [0.25, 0.3) is 11.5 Å². The molecule has 10 heteroatoms. The molecule has 2 amide bonds. The largest absolute Gasteiger partial charge is 0.494 e. The van der Waals surface area contributed by atoms with Crippen LogP contribution in [0.3, 0.4) is 0 Å². The number of ether oxygens (including phenoxy) is 2. The molecule has 10 nitrogen and oxygen atoms in total. The van der Waals surface area contributed by atoms with Gasteiger partial charge in [0.1, 0.15) is 29.7 Å². The van der Waals surface area contributed by atoms with E-state index in [1.165, 1.54) is 26.4 Å². The minimum atomic E-state index is -0.649. The summed E-state index contributed by atoms with van der Waals surface area (Å²) in [5, 5.41) is 18.8. The highest BCUT2D eigenvalue weighted by molar-refractivity contribution is 6.05. The maximum Gasteiger partial charge on any atom is 0.285 e. The minimum Gasteiger partial charge on any atom is -0.494 e. The van der Waals surface area contributed by atoms with Crippen LogP contribution in [-0.4, -0.2) is 35.8 Å². The molecule has 0 aliphatic heterocycles. The number of nitrogens with zero attached hydrogens (tertiary/aromatic N) is 3. The summed E-state index contributed by atoms with van der Waals surface area (Å²) in [4.78, 5) is 37.7. The van der Waals surface area contributed by atoms with Crippen molar-refractivity contribution in [3.63, 3.8) is 0 Å². The molecule has 0 aliphatic rings. The molecule has 0 saturated carbocycles. The van der Waals surface area contributed by atoms with Gasteiger partial charge in [-0.1, -0.05) is 18.2 Å². The first-order chi connectivity index (χ1) is 16.3. The third kappa shape index (κ3) is 5.05. The lowest BCUT2D eigenvalue weighted by molar-refractivity contribution is -0.117. The zero-order valence-corrected chi connectivity index (χ0v) is 19.1. The summed E-state index contributed by atoms with van der Waals surface area (Å²) in [7, 11) is 2.84. The van der Waals surface area contributed by atoms with Crippen LogP contribution < -0.4 is 25.7 Å². The normalized spacial score (nSPS) is 10.2. The highest BCUT2D eigenvalue weighted by atomic mass is 16.5. The molecule has 0 unspecified atom stereocenters. The van der Waals surface area contributed by atoms with E-state index >= 15 is 0 Å². The first-order valence-electron chi connectivity index (χ1n) is 10.2. The second-order valence-electron chi connectivity index (χ2n) is 7.28. The smallest absolute Gasteiger partial charge is 0.285 e. The molecule has 0 spiro atoms. The number of amides is 2. The van der Waals surface area contributed by atoms with Crippen LogP contribution in [0.4, 0.5) is 11.4 Å². The van der Waals surface area contributed by atoms with Gasteiger partial charge in [0.05, 0.1) is 31.3 Å². The van der Waals surface area contributed by atoms with Gasteiger partial charge < -0.3 is 20.1 Å². The van der Waals surface area contributed by atoms with Crippen LogP contribution in [-0.2, 0) is 11.3 Å². The third-order valence-corrected chi connectivity index (χ3v) is 5.12. The molecule has 3 rings (SSSR count). The van der Waals surface area contributed by atoms with Gasteiger partial charge in [-0.05, 0) is 31.5 Å². The van der Waals surface area contributed by atoms with Crippen LogP contribution >= 0.6 is 0 Å². The monoisotopic (exact) mass is 461 g/mol. The average molecular weight is 461 g/mol. The maximum absolute atomic E-state index is 12.7. The number of anilines is 2. The highest BCUT2D eigenvalue weighted by Crippen LogP contribution is 2.36. The van der Waals surface area contributed by atoms with Crippen molar-refractivity contribution in [1.29, 1.82) is 5.26 Å². The zero-order chi connectivity index (χ0) is 24.8. The Morgan fingerprint density at radius 1 is 1.03 bits per heavy atom. The molecule has 2 aromatic carbocycles. The van der Waals surface area contributed by atoms with Gasteiger partial charge in [0, 0.05) is 17.7 Å². The van der Waals surface area contributed by atoms with Crippen LogP contribution in [0.15, 0.2) is 47.3 Å². The van der Waals surface area contributed by atoms with E-state index in [-0.39, 0.29) is 28.7 Å². The number of nitriles is 1. The lowest BCUT2D eigenvalue weighted by Crippen LogP contribution is -2.32. The van der Waals surface area contributed by atoms with Gasteiger partial charge in [-0.15, -0.1) is 0 Å². The van der Waals surface area contributed by atoms with E-state index in [2.05, 4.69) is 15.7 Å². The predicted molar refractivity (Wildman–Crippen MR) is 125 cm³/mol. The van der Waals surface area contributed by atoms with Gasteiger partial charge in [0.15, 0.2) is 0 Å². The number of hydrogen-bond acceptors (Lipinski definition) is 7. The molecule has 0 saturated heterocycles. The molecule has 0 atom stereocenters. The maximum atomic E-state index is 12.7. The van der Waals surface area contributed by atoms with Crippen LogP contribution in [0.2, 0.25) is 0 Å². The Labute approximate surface area is 195 Å². The molecular weight excluding hydrogens is 438 g/mol. The standard InChI is InChI=1S/C24H23N5O5/c1-14-15(2)28-29(24(32)17(14)12-25)13-22(30)26-18-10-21(34-4)19(11-20(18)33-3)27-23(31)16-8-6-5-7-9-16/h5-11H,13H2,1-4H3,(H,26,30)(H,27,31). The summed E-state index contributed by atoms with van der Waals surface area (Å²) in [5.74, 6) is -0.362. The summed E-state index contributed by atoms with van der Waals surface area (Å²) >= 11 is 0. The Morgan fingerprint density at radius 2 is 1.62 bits per heavy atom. The number of rotatable bonds is 7. The molecule has 2 N–H and O–H groups in total. The average Bonchev–Trinajstić information content (AvgIpc) is 2.84. The van der Waals surface area contributed by atoms with Crippen LogP contribution in [0.1, 0.15) is 27.2 Å². The highest BCUT2D eigenvalue weighted by Gasteiger charge is 2.18. The van der Waals surface area contributed by atoms with Crippen LogP contribution in [0, 0.1) is 25.2 Å². The van der Waals surface area contributed by atoms with E-state index in [0.29, 0.717) is 22.5 Å². The molecule has 174 valence electrons. The van der Waals surface area contributed by atoms with E-state index in [1.807, 2.05) is 6.07 Å². The summed E-state index contributed by atoms with van der Waals surface area (Å²) < 4.78 is 11.7. The van der Waals surface area contributed by atoms with E-state index in [9.17, 15) is 19.6 Å². The van der Waals surface area contributed by atoms with Gasteiger partial charge in [-0.2, -0.15) is 10.4 Å². The number of methoxy groups -OCH3 is 2. The summed E-state index contributed by atoms with van der Waals surface area (Å²) in [6.45, 7) is 2.87.